The van der Waals surface area contributed by atoms with Gasteiger partial charge >= 0.3 is 5.97 Å². The predicted molar refractivity (Wildman–Crippen MR) is 86.0 cm³/mol. The summed E-state index contributed by atoms with van der Waals surface area (Å²) >= 11 is 12.2. The van der Waals surface area contributed by atoms with E-state index in [2.05, 4.69) is 0 Å². The molecule has 21 heavy (non-hydrogen) atoms. The smallest absolute Gasteiger partial charge is 0.342 e. The van der Waals surface area contributed by atoms with Crippen LogP contribution in [-0.4, -0.2) is 17.1 Å². The van der Waals surface area contributed by atoms with Gasteiger partial charge in [-0.1, -0.05) is 23.2 Å². The van der Waals surface area contributed by atoms with Crippen LogP contribution in [0.5, 0.6) is 0 Å². The van der Waals surface area contributed by atoms with Gasteiger partial charge in [0.1, 0.15) is 5.56 Å². The van der Waals surface area contributed by atoms with Crippen LogP contribution in [0.3, 0.4) is 0 Å². The molecule has 0 aliphatic heterocycles. The van der Waals surface area contributed by atoms with Crippen molar-refractivity contribution in [2.24, 2.45) is 7.05 Å². The average molecular weight is 327 g/mol. The Kier molecular flexibility index (Phi) is 4.49. The number of esters is 1. The molecule has 4 nitrogen and oxygen atoms in total. The third-order valence-corrected chi connectivity index (χ3v) is 3.94. The number of aromatic nitrogens is 1. The van der Waals surface area contributed by atoms with Gasteiger partial charge < -0.3 is 15.0 Å². The molecule has 1 aromatic heterocycles. The van der Waals surface area contributed by atoms with Gasteiger partial charge in [-0.25, -0.2) is 4.79 Å². The lowest BCUT2D eigenvalue weighted by atomic mass is 10.1. The highest BCUT2D eigenvalue weighted by molar-refractivity contribution is 6.36. The molecule has 0 radical (unpaired) electrons. The first-order valence-electron chi connectivity index (χ1n) is 6.45. The third-order valence-electron chi connectivity index (χ3n) is 3.39. The Morgan fingerprint density at radius 3 is 2.62 bits per heavy atom. The fourth-order valence-electron chi connectivity index (χ4n) is 2.30. The summed E-state index contributed by atoms with van der Waals surface area (Å²) in [6.07, 6.45) is 0. The van der Waals surface area contributed by atoms with E-state index < -0.39 is 5.97 Å². The number of carbonyl (C=O) groups is 1. The van der Waals surface area contributed by atoms with E-state index in [9.17, 15) is 4.79 Å². The minimum absolute atomic E-state index is 0.295. The van der Waals surface area contributed by atoms with Gasteiger partial charge in [0.2, 0.25) is 0 Å². The normalized spacial score (nSPS) is 10.7. The Balaban J connectivity index is 2.65. The van der Waals surface area contributed by atoms with Crippen LogP contribution in [0.1, 0.15) is 23.0 Å². The molecular formula is C15H16Cl2N2O2. The standard InChI is InChI=1S/C15H16Cl2N2O2/c1-4-21-15(20)12-8(2)19(3)14(13(12)18)10-6-5-9(16)7-11(10)17/h5-7H,4,18H2,1-3H3. The summed E-state index contributed by atoms with van der Waals surface area (Å²) in [6, 6.07) is 5.16. The monoisotopic (exact) mass is 326 g/mol. The van der Waals surface area contributed by atoms with Gasteiger partial charge in [-0.2, -0.15) is 0 Å². The lowest BCUT2D eigenvalue weighted by Crippen LogP contribution is -2.08. The minimum Gasteiger partial charge on any atom is -0.462 e. The third kappa shape index (κ3) is 2.74. The summed E-state index contributed by atoms with van der Waals surface area (Å²) in [6.45, 7) is 3.86. The molecule has 0 spiro atoms. The summed E-state index contributed by atoms with van der Waals surface area (Å²) < 4.78 is 6.89. The second-order valence-electron chi connectivity index (χ2n) is 4.63. The molecule has 6 heteroatoms. The molecule has 2 rings (SSSR count). The molecule has 0 aliphatic carbocycles. The van der Waals surface area contributed by atoms with Crippen LogP contribution in [0, 0.1) is 6.92 Å². The highest BCUT2D eigenvalue weighted by Gasteiger charge is 2.24. The van der Waals surface area contributed by atoms with E-state index in [1.807, 2.05) is 18.5 Å². The van der Waals surface area contributed by atoms with E-state index in [0.29, 0.717) is 33.6 Å². The second kappa shape index (κ2) is 6.00. The molecular weight excluding hydrogens is 311 g/mol. The molecule has 0 atom stereocenters. The van der Waals surface area contributed by atoms with E-state index in [4.69, 9.17) is 33.7 Å². The lowest BCUT2D eigenvalue weighted by Gasteiger charge is -2.08. The van der Waals surface area contributed by atoms with Crippen LogP contribution >= 0.6 is 23.2 Å². The SMILES string of the molecule is CCOC(=O)c1c(N)c(-c2ccc(Cl)cc2Cl)n(C)c1C. The molecule has 0 bridgehead atoms. The van der Waals surface area contributed by atoms with Crippen LogP contribution in [0.25, 0.3) is 11.3 Å². The van der Waals surface area contributed by atoms with E-state index >= 15 is 0 Å². The molecule has 0 saturated heterocycles. The van der Waals surface area contributed by atoms with Crippen LogP contribution < -0.4 is 5.73 Å². The lowest BCUT2D eigenvalue weighted by molar-refractivity contribution is 0.0526. The van der Waals surface area contributed by atoms with Gasteiger partial charge in [0, 0.05) is 23.3 Å². The Hall–Kier alpha value is -1.65. The highest BCUT2D eigenvalue weighted by atomic mass is 35.5. The fraction of sp³-hybridized carbons (Fsp3) is 0.267. The molecule has 0 aliphatic rings. The van der Waals surface area contributed by atoms with Crippen LogP contribution in [0.4, 0.5) is 5.69 Å². The van der Waals surface area contributed by atoms with Gasteiger partial charge in [0.05, 0.1) is 23.0 Å². The van der Waals surface area contributed by atoms with Gasteiger partial charge in [-0.05, 0) is 32.0 Å². The number of carbonyl (C=O) groups excluding carboxylic acids is 1. The maximum atomic E-state index is 12.1. The maximum absolute atomic E-state index is 12.1. The van der Waals surface area contributed by atoms with Crippen molar-refractivity contribution in [2.75, 3.05) is 12.3 Å². The van der Waals surface area contributed by atoms with Crippen molar-refractivity contribution >= 4 is 34.9 Å². The maximum Gasteiger partial charge on any atom is 0.342 e. The van der Waals surface area contributed by atoms with E-state index in [0.717, 1.165) is 11.3 Å². The quantitative estimate of drug-likeness (QED) is 0.865. The summed E-state index contributed by atoms with van der Waals surface area (Å²) in [4.78, 5) is 12.1. The Labute approximate surface area is 133 Å². The largest absolute Gasteiger partial charge is 0.462 e. The summed E-state index contributed by atoms with van der Waals surface area (Å²) in [5.41, 5.74) is 9.02. The Bertz CT molecular complexity index is 708. The van der Waals surface area contributed by atoms with Crippen LogP contribution in [0.15, 0.2) is 18.2 Å². The van der Waals surface area contributed by atoms with Crippen molar-refractivity contribution in [2.45, 2.75) is 13.8 Å². The van der Waals surface area contributed by atoms with Gasteiger partial charge in [0.25, 0.3) is 0 Å². The first-order valence-corrected chi connectivity index (χ1v) is 7.21. The van der Waals surface area contributed by atoms with Crippen molar-refractivity contribution in [1.29, 1.82) is 0 Å². The zero-order valence-electron chi connectivity index (χ0n) is 12.0. The van der Waals surface area contributed by atoms with Crippen LogP contribution in [-0.2, 0) is 11.8 Å². The van der Waals surface area contributed by atoms with Crippen molar-refractivity contribution in [3.05, 3.63) is 39.5 Å². The number of halogens is 2. The number of hydrogen-bond donors (Lipinski definition) is 1. The molecule has 1 aromatic carbocycles. The first kappa shape index (κ1) is 15.7. The average Bonchev–Trinajstić information content (AvgIpc) is 2.62. The number of nitrogen functional groups attached to an aromatic ring is 1. The first-order chi connectivity index (χ1) is 9.88. The van der Waals surface area contributed by atoms with Crippen molar-refractivity contribution in [3.8, 4) is 11.3 Å². The summed E-state index contributed by atoms with van der Waals surface area (Å²) in [5, 5.41) is 1.02. The molecule has 0 amide bonds. The van der Waals surface area contributed by atoms with E-state index in [-0.39, 0.29) is 0 Å². The van der Waals surface area contributed by atoms with E-state index in [1.165, 1.54) is 0 Å². The van der Waals surface area contributed by atoms with Crippen molar-refractivity contribution < 1.29 is 9.53 Å². The molecule has 112 valence electrons. The highest BCUT2D eigenvalue weighted by Crippen LogP contribution is 2.38. The van der Waals surface area contributed by atoms with Crippen LogP contribution in [0.2, 0.25) is 10.0 Å². The second-order valence-corrected chi connectivity index (χ2v) is 5.47. The summed E-state index contributed by atoms with van der Waals surface area (Å²) in [5.74, 6) is -0.431. The Morgan fingerprint density at radius 2 is 2.05 bits per heavy atom. The number of nitrogens with two attached hydrogens (primary N) is 1. The van der Waals surface area contributed by atoms with Gasteiger partial charge in [0.15, 0.2) is 0 Å². The molecule has 0 saturated carbocycles. The number of ether oxygens (including phenoxy) is 1. The Morgan fingerprint density at radius 1 is 1.38 bits per heavy atom. The number of rotatable bonds is 3. The molecule has 2 N–H and O–H groups in total. The topological polar surface area (TPSA) is 57.2 Å². The number of anilines is 1. The molecule has 2 aromatic rings. The van der Waals surface area contributed by atoms with Crippen molar-refractivity contribution in [1.82, 2.24) is 4.57 Å². The van der Waals surface area contributed by atoms with Gasteiger partial charge in [-0.3, -0.25) is 0 Å². The molecule has 0 unspecified atom stereocenters. The zero-order valence-corrected chi connectivity index (χ0v) is 13.5. The zero-order chi connectivity index (χ0) is 15.7. The number of nitrogens with zero attached hydrogens (tertiary/aromatic N) is 1. The summed E-state index contributed by atoms with van der Waals surface area (Å²) in [7, 11) is 1.83. The van der Waals surface area contributed by atoms with Crippen molar-refractivity contribution in [3.63, 3.8) is 0 Å². The molecule has 1 heterocycles. The van der Waals surface area contributed by atoms with Gasteiger partial charge in [-0.15, -0.1) is 0 Å². The predicted octanol–water partition coefficient (Wildman–Crippen LogP) is 4.07. The number of benzene rings is 1. The fourth-order valence-corrected chi connectivity index (χ4v) is 2.80. The molecule has 0 fully saturated rings. The number of hydrogen-bond acceptors (Lipinski definition) is 3. The van der Waals surface area contributed by atoms with E-state index in [1.54, 1.807) is 25.1 Å². The minimum atomic E-state index is -0.431.